The molecule has 5 nitrogen and oxygen atoms in total. The van der Waals surface area contributed by atoms with Gasteiger partial charge >= 0.3 is 0 Å². The van der Waals surface area contributed by atoms with Gasteiger partial charge in [0.25, 0.3) is 0 Å². The minimum atomic E-state index is 0.541. The molecule has 0 atom stereocenters. The Morgan fingerprint density at radius 1 is 0.368 bits per heavy atom. The maximum Gasteiger partial charge on any atom is 0.164 e. The Labute approximate surface area is 329 Å². The first kappa shape index (κ1) is 33.6. The van der Waals surface area contributed by atoms with Crippen LogP contribution in [0.4, 0.5) is 0 Å². The molecule has 10 aromatic rings. The van der Waals surface area contributed by atoms with E-state index in [9.17, 15) is 5.26 Å². The normalized spacial score (nSPS) is 11.1. The van der Waals surface area contributed by atoms with Crippen molar-refractivity contribution in [3.8, 4) is 84.7 Å². The van der Waals surface area contributed by atoms with E-state index in [1.165, 1.54) is 11.1 Å². The molecule has 0 aliphatic rings. The van der Waals surface area contributed by atoms with E-state index in [1.807, 2.05) is 91.0 Å². The molecule has 8 aromatic carbocycles. The van der Waals surface area contributed by atoms with E-state index in [0.29, 0.717) is 23.0 Å². The van der Waals surface area contributed by atoms with E-state index in [-0.39, 0.29) is 0 Å². The van der Waals surface area contributed by atoms with Crippen LogP contribution in [0.5, 0.6) is 0 Å². The van der Waals surface area contributed by atoms with E-state index >= 15 is 0 Å². The average molecular weight is 729 g/mol. The Morgan fingerprint density at radius 2 is 0.877 bits per heavy atom. The number of hydrogen-bond acceptors (Lipinski definition) is 5. The third kappa shape index (κ3) is 6.42. The predicted molar refractivity (Wildman–Crippen MR) is 230 cm³/mol. The number of hydrogen-bond donors (Lipinski definition) is 0. The molecule has 2 aromatic heterocycles. The van der Waals surface area contributed by atoms with Crippen LogP contribution in [0.1, 0.15) is 5.56 Å². The van der Waals surface area contributed by atoms with Gasteiger partial charge < -0.3 is 4.42 Å². The third-order valence-electron chi connectivity index (χ3n) is 10.4. The molecule has 0 aliphatic heterocycles. The highest BCUT2D eigenvalue weighted by molar-refractivity contribution is 6.16. The second-order valence-corrected chi connectivity index (χ2v) is 13.9. The van der Waals surface area contributed by atoms with Crippen LogP contribution in [-0.2, 0) is 0 Å². The lowest BCUT2D eigenvalue weighted by Crippen LogP contribution is -2.00. The van der Waals surface area contributed by atoms with E-state index in [0.717, 1.165) is 72.0 Å². The molecule has 0 radical (unpaired) electrons. The van der Waals surface area contributed by atoms with Crippen molar-refractivity contribution in [1.29, 1.82) is 5.26 Å². The molecule has 5 heteroatoms. The summed E-state index contributed by atoms with van der Waals surface area (Å²) in [5.74, 6) is 1.67. The summed E-state index contributed by atoms with van der Waals surface area (Å²) in [6.45, 7) is 0. The molecule has 266 valence electrons. The van der Waals surface area contributed by atoms with Gasteiger partial charge in [0.15, 0.2) is 17.5 Å². The fourth-order valence-corrected chi connectivity index (χ4v) is 7.58. The minimum Gasteiger partial charge on any atom is -0.456 e. The molecular weight excluding hydrogens is 697 g/mol. The van der Waals surface area contributed by atoms with E-state index in [1.54, 1.807) is 0 Å². The molecule has 0 saturated carbocycles. The van der Waals surface area contributed by atoms with Crippen molar-refractivity contribution in [3.63, 3.8) is 0 Å². The molecule has 2 heterocycles. The Bertz CT molecular complexity index is 3110. The summed E-state index contributed by atoms with van der Waals surface area (Å²) in [6, 6.07) is 68.2. The number of furan rings is 1. The quantitative estimate of drug-likeness (QED) is 0.163. The van der Waals surface area contributed by atoms with Gasteiger partial charge in [0.1, 0.15) is 11.2 Å². The van der Waals surface area contributed by atoms with E-state index in [2.05, 4.69) is 109 Å². The van der Waals surface area contributed by atoms with Gasteiger partial charge in [-0.05, 0) is 75.3 Å². The van der Waals surface area contributed by atoms with Crippen LogP contribution in [-0.4, -0.2) is 15.0 Å². The van der Waals surface area contributed by atoms with Gasteiger partial charge in [-0.25, -0.2) is 15.0 Å². The van der Waals surface area contributed by atoms with Crippen molar-refractivity contribution in [2.45, 2.75) is 0 Å². The number of nitriles is 1. The maximum absolute atomic E-state index is 9.51. The van der Waals surface area contributed by atoms with Crippen LogP contribution in [0.25, 0.3) is 101 Å². The summed E-state index contributed by atoms with van der Waals surface area (Å²) < 4.78 is 6.68. The molecule has 0 aliphatic carbocycles. The Morgan fingerprint density at radius 3 is 1.56 bits per heavy atom. The van der Waals surface area contributed by atoms with Gasteiger partial charge in [0, 0.05) is 33.0 Å². The molecule has 0 unspecified atom stereocenters. The lowest BCUT2D eigenvalue weighted by atomic mass is 9.90. The van der Waals surface area contributed by atoms with Crippen LogP contribution >= 0.6 is 0 Å². The first-order valence-electron chi connectivity index (χ1n) is 18.8. The number of nitrogens with zero attached hydrogens (tertiary/aromatic N) is 4. The number of aromatic nitrogens is 3. The summed E-state index contributed by atoms with van der Waals surface area (Å²) >= 11 is 0. The largest absolute Gasteiger partial charge is 0.456 e. The average Bonchev–Trinajstić information content (AvgIpc) is 3.68. The third-order valence-corrected chi connectivity index (χ3v) is 10.4. The van der Waals surface area contributed by atoms with Crippen molar-refractivity contribution in [1.82, 2.24) is 15.0 Å². The lowest BCUT2D eigenvalue weighted by molar-refractivity contribution is 0.669. The van der Waals surface area contributed by atoms with Gasteiger partial charge in [-0.1, -0.05) is 158 Å². The fraction of sp³-hybridized carbons (Fsp3) is 0. The standard InChI is InChI=1S/C52H32N4O/c53-33-34-12-10-19-40(30-34)41-20-11-21-42(31-41)51-54-50(39-17-8-3-9-18-39)55-52(56-51)43-26-27-45-47(32-43)57-46-29-28-44(37-15-6-2-7-16-37)48(49(45)46)38-24-22-36(23-25-38)35-13-4-1-5-14-35/h1-32H. The number of rotatable bonds is 7. The minimum absolute atomic E-state index is 0.541. The van der Waals surface area contributed by atoms with Gasteiger partial charge in [0.2, 0.25) is 0 Å². The Kier molecular flexibility index (Phi) is 8.48. The highest BCUT2D eigenvalue weighted by Crippen LogP contribution is 2.44. The smallest absolute Gasteiger partial charge is 0.164 e. The second kappa shape index (κ2) is 14.4. The van der Waals surface area contributed by atoms with Gasteiger partial charge in [-0.3, -0.25) is 0 Å². The predicted octanol–water partition coefficient (Wildman–Crippen LogP) is 13.3. The van der Waals surface area contributed by atoms with Crippen molar-refractivity contribution in [2.24, 2.45) is 0 Å². The van der Waals surface area contributed by atoms with Crippen LogP contribution in [0.3, 0.4) is 0 Å². The molecule has 0 fully saturated rings. The Balaban J connectivity index is 1.12. The molecule has 0 N–H and O–H groups in total. The highest BCUT2D eigenvalue weighted by Gasteiger charge is 2.20. The molecule has 10 rings (SSSR count). The zero-order valence-electron chi connectivity index (χ0n) is 30.7. The summed E-state index contributed by atoms with van der Waals surface area (Å²) in [4.78, 5) is 15.1. The van der Waals surface area contributed by atoms with E-state index in [4.69, 9.17) is 19.4 Å². The molecule has 0 bridgehead atoms. The molecule has 0 amide bonds. The summed E-state index contributed by atoms with van der Waals surface area (Å²) in [6.07, 6.45) is 0. The van der Waals surface area contributed by atoms with Crippen molar-refractivity contribution in [2.75, 3.05) is 0 Å². The van der Waals surface area contributed by atoms with Crippen molar-refractivity contribution in [3.05, 3.63) is 200 Å². The summed E-state index contributed by atoms with van der Waals surface area (Å²) in [5.41, 5.74) is 13.5. The van der Waals surface area contributed by atoms with Gasteiger partial charge in [0.05, 0.1) is 11.6 Å². The van der Waals surface area contributed by atoms with Crippen LogP contribution < -0.4 is 0 Å². The zero-order chi connectivity index (χ0) is 38.1. The topological polar surface area (TPSA) is 75.6 Å². The molecule has 0 spiro atoms. The number of fused-ring (bicyclic) bond motifs is 3. The SMILES string of the molecule is N#Cc1cccc(-c2cccc(-c3nc(-c4ccccc4)nc(-c4ccc5c(c4)oc4ccc(-c6ccccc6)c(-c6ccc(-c7ccccc7)cc6)c45)n3)c2)c1. The fourth-order valence-electron chi connectivity index (χ4n) is 7.58. The highest BCUT2D eigenvalue weighted by atomic mass is 16.3. The molecule has 57 heavy (non-hydrogen) atoms. The van der Waals surface area contributed by atoms with Crippen LogP contribution in [0.2, 0.25) is 0 Å². The summed E-state index contributed by atoms with van der Waals surface area (Å²) in [7, 11) is 0. The van der Waals surface area contributed by atoms with E-state index < -0.39 is 0 Å². The van der Waals surface area contributed by atoms with Crippen LogP contribution in [0, 0.1) is 11.3 Å². The molecular formula is C52H32N4O. The number of benzene rings is 8. The molecule has 0 saturated heterocycles. The second-order valence-electron chi connectivity index (χ2n) is 13.9. The lowest BCUT2D eigenvalue weighted by Gasteiger charge is -2.13. The first-order valence-corrected chi connectivity index (χ1v) is 18.8. The van der Waals surface area contributed by atoms with Crippen LogP contribution in [0.15, 0.2) is 199 Å². The van der Waals surface area contributed by atoms with Gasteiger partial charge in [-0.2, -0.15) is 5.26 Å². The monoisotopic (exact) mass is 728 g/mol. The first-order chi connectivity index (χ1) is 28.2. The van der Waals surface area contributed by atoms with Crippen molar-refractivity contribution < 1.29 is 4.42 Å². The summed E-state index contributed by atoms with van der Waals surface area (Å²) in [5, 5.41) is 11.6. The maximum atomic E-state index is 9.51. The zero-order valence-corrected chi connectivity index (χ0v) is 30.7. The Hall–Kier alpha value is -7.94. The van der Waals surface area contributed by atoms with Gasteiger partial charge in [-0.15, -0.1) is 0 Å². The van der Waals surface area contributed by atoms with Crippen molar-refractivity contribution >= 4 is 21.9 Å².